The second kappa shape index (κ2) is 7.52. The minimum atomic E-state index is -0.284. The smallest absolute Gasteiger partial charge is 0.225 e. The Morgan fingerprint density at radius 2 is 1.56 bits per heavy atom. The SMILES string of the molecule is CC(=O)c1c(C)[nH]c(C(=O)C(C)N2CCN(C(=O)C(C)C)CC2)c1C. The van der Waals surface area contributed by atoms with Gasteiger partial charge in [-0.3, -0.25) is 19.3 Å². The molecule has 0 bridgehead atoms. The number of piperazine rings is 1. The molecule has 1 fully saturated rings. The highest BCUT2D eigenvalue weighted by molar-refractivity contribution is 6.05. The van der Waals surface area contributed by atoms with Crippen molar-refractivity contribution in [3.8, 4) is 0 Å². The standard InChI is InChI=1S/C19H29N3O3/c1-11(2)19(25)22-9-7-21(8-10-22)14(5)18(24)17-12(3)16(15(6)23)13(4)20-17/h11,14,20H,7-10H2,1-6H3. The molecule has 1 atom stereocenters. The molecule has 0 aliphatic carbocycles. The Hall–Kier alpha value is -1.95. The molecule has 1 aromatic heterocycles. The molecule has 6 nitrogen and oxygen atoms in total. The van der Waals surface area contributed by atoms with Crippen molar-refractivity contribution in [1.29, 1.82) is 0 Å². The highest BCUT2D eigenvalue weighted by Crippen LogP contribution is 2.21. The monoisotopic (exact) mass is 347 g/mol. The fraction of sp³-hybridized carbons (Fsp3) is 0.632. The van der Waals surface area contributed by atoms with Gasteiger partial charge in [0.25, 0.3) is 0 Å². The van der Waals surface area contributed by atoms with E-state index in [1.54, 1.807) is 0 Å². The Morgan fingerprint density at radius 1 is 1.00 bits per heavy atom. The van der Waals surface area contributed by atoms with E-state index in [-0.39, 0.29) is 29.4 Å². The van der Waals surface area contributed by atoms with E-state index in [4.69, 9.17) is 0 Å². The molecule has 1 N–H and O–H groups in total. The summed E-state index contributed by atoms with van der Waals surface area (Å²) in [6, 6.07) is -0.284. The zero-order chi connectivity index (χ0) is 18.9. The number of nitrogens with zero attached hydrogens (tertiary/aromatic N) is 2. The Balaban J connectivity index is 2.08. The molecule has 2 rings (SSSR count). The normalized spacial score (nSPS) is 17.0. The van der Waals surface area contributed by atoms with Crippen LogP contribution in [-0.2, 0) is 4.79 Å². The topological polar surface area (TPSA) is 73.5 Å². The van der Waals surface area contributed by atoms with Gasteiger partial charge in [0.1, 0.15) is 0 Å². The number of nitrogens with one attached hydrogen (secondary N) is 1. The van der Waals surface area contributed by atoms with Gasteiger partial charge in [-0.2, -0.15) is 0 Å². The molecule has 0 spiro atoms. The van der Waals surface area contributed by atoms with Gasteiger partial charge in [0, 0.05) is 43.4 Å². The number of Topliss-reactive ketones (excluding diaryl/α,β-unsaturated/α-hetero) is 2. The average Bonchev–Trinajstić information content (AvgIpc) is 2.87. The van der Waals surface area contributed by atoms with E-state index in [0.717, 1.165) is 11.3 Å². The van der Waals surface area contributed by atoms with Crippen LogP contribution in [0.4, 0.5) is 0 Å². The van der Waals surface area contributed by atoms with E-state index in [1.165, 1.54) is 6.92 Å². The summed E-state index contributed by atoms with van der Waals surface area (Å²) in [5.74, 6) is 0.135. The van der Waals surface area contributed by atoms with Crippen molar-refractivity contribution in [1.82, 2.24) is 14.8 Å². The van der Waals surface area contributed by atoms with Gasteiger partial charge >= 0.3 is 0 Å². The number of carbonyl (C=O) groups is 3. The van der Waals surface area contributed by atoms with Crippen molar-refractivity contribution < 1.29 is 14.4 Å². The number of amides is 1. The number of carbonyl (C=O) groups excluding carboxylic acids is 3. The van der Waals surface area contributed by atoms with E-state index >= 15 is 0 Å². The van der Waals surface area contributed by atoms with Gasteiger partial charge in [0.15, 0.2) is 11.6 Å². The number of aryl methyl sites for hydroxylation is 1. The molecular formula is C19H29N3O3. The number of aromatic amines is 1. The van der Waals surface area contributed by atoms with Crippen LogP contribution in [0.1, 0.15) is 59.8 Å². The van der Waals surface area contributed by atoms with Crippen LogP contribution in [0.5, 0.6) is 0 Å². The van der Waals surface area contributed by atoms with Crippen molar-refractivity contribution in [2.24, 2.45) is 5.92 Å². The predicted octanol–water partition coefficient (Wildman–Crippen LogP) is 2.21. The minimum absolute atomic E-state index is 0.000140. The quantitative estimate of drug-likeness (QED) is 0.829. The third-order valence-electron chi connectivity index (χ3n) is 5.08. The molecule has 0 saturated carbocycles. The number of rotatable bonds is 5. The number of hydrogen-bond acceptors (Lipinski definition) is 4. The zero-order valence-electron chi connectivity index (χ0n) is 16.1. The third-order valence-corrected chi connectivity index (χ3v) is 5.08. The molecule has 138 valence electrons. The summed E-state index contributed by atoms with van der Waals surface area (Å²) in [6.07, 6.45) is 0. The number of H-pyrrole nitrogens is 1. The molecule has 0 radical (unpaired) electrons. The molecule has 25 heavy (non-hydrogen) atoms. The summed E-state index contributed by atoms with van der Waals surface area (Å²) < 4.78 is 0. The van der Waals surface area contributed by atoms with Crippen LogP contribution in [0.2, 0.25) is 0 Å². The Bertz CT molecular complexity index is 682. The number of ketones is 2. The maximum atomic E-state index is 12.9. The number of hydrogen-bond donors (Lipinski definition) is 1. The van der Waals surface area contributed by atoms with Crippen molar-refractivity contribution in [3.63, 3.8) is 0 Å². The van der Waals surface area contributed by atoms with E-state index in [0.29, 0.717) is 37.4 Å². The lowest BCUT2D eigenvalue weighted by molar-refractivity contribution is -0.136. The molecular weight excluding hydrogens is 318 g/mol. The fourth-order valence-electron chi connectivity index (χ4n) is 3.59. The molecule has 1 saturated heterocycles. The van der Waals surface area contributed by atoms with Crippen LogP contribution >= 0.6 is 0 Å². The second-order valence-electron chi connectivity index (χ2n) is 7.24. The largest absolute Gasteiger partial charge is 0.355 e. The Labute approximate surface area is 149 Å². The summed E-state index contributed by atoms with van der Waals surface area (Å²) in [7, 11) is 0. The lowest BCUT2D eigenvalue weighted by atomic mass is 10.0. The third kappa shape index (κ3) is 3.84. The Morgan fingerprint density at radius 3 is 2.00 bits per heavy atom. The maximum Gasteiger partial charge on any atom is 0.225 e. The van der Waals surface area contributed by atoms with Gasteiger partial charge in [-0.25, -0.2) is 0 Å². The van der Waals surface area contributed by atoms with Crippen LogP contribution in [-0.4, -0.2) is 64.5 Å². The highest BCUT2D eigenvalue weighted by atomic mass is 16.2. The van der Waals surface area contributed by atoms with Crippen molar-refractivity contribution in [2.75, 3.05) is 26.2 Å². The first kappa shape index (κ1) is 19.4. The van der Waals surface area contributed by atoms with Crippen LogP contribution in [0.15, 0.2) is 0 Å². The van der Waals surface area contributed by atoms with Gasteiger partial charge in [-0.05, 0) is 33.3 Å². The van der Waals surface area contributed by atoms with Crippen molar-refractivity contribution in [3.05, 3.63) is 22.5 Å². The lowest BCUT2D eigenvalue weighted by Crippen LogP contribution is -2.53. The van der Waals surface area contributed by atoms with E-state index < -0.39 is 0 Å². The van der Waals surface area contributed by atoms with Gasteiger partial charge in [0.2, 0.25) is 5.91 Å². The fourth-order valence-corrected chi connectivity index (χ4v) is 3.59. The van der Waals surface area contributed by atoms with Crippen LogP contribution in [0.25, 0.3) is 0 Å². The molecule has 2 heterocycles. The van der Waals surface area contributed by atoms with E-state index in [9.17, 15) is 14.4 Å². The average molecular weight is 347 g/mol. The van der Waals surface area contributed by atoms with Gasteiger partial charge in [0.05, 0.1) is 11.7 Å². The summed E-state index contributed by atoms with van der Waals surface area (Å²) in [5, 5.41) is 0. The highest BCUT2D eigenvalue weighted by Gasteiger charge is 2.30. The van der Waals surface area contributed by atoms with Gasteiger partial charge < -0.3 is 9.88 Å². The van der Waals surface area contributed by atoms with Crippen LogP contribution in [0, 0.1) is 19.8 Å². The van der Waals surface area contributed by atoms with Crippen LogP contribution in [0.3, 0.4) is 0 Å². The van der Waals surface area contributed by atoms with Crippen LogP contribution < -0.4 is 0 Å². The molecule has 6 heteroatoms. The molecule has 1 aliphatic rings. The predicted molar refractivity (Wildman–Crippen MR) is 97.1 cm³/mol. The zero-order valence-corrected chi connectivity index (χ0v) is 16.1. The summed E-state index contributed by atoms with van der Waals surface area (Å²) in [6.45, 7) is 13.5. The van der Waals surface area contributed by atoms with Gasteiger partial charge in [-0.15, -0.1) is 0 Å². The van der Waals surface area contributed by atoms with Crippen molar-refractivity contribution >= 4 is 17.5 Å². The summed E-state index contributed by atoms with van der Waals surface area (Å²) >= 11 is 0. The molecule has 1 unspecified atom stereocenters. The first-order valence-electron chi connectivity index (χ1n) is 8.92. The number of aromatic nitrogens is 1. The maximum absolute atomic E-state index is 12.9. The van der Waals surface area contributed by atoms with E-state index in [1.807, 2.05) is 39.5 Å². The van der Waals surface area contributed by atoms with Gasteiger partial charge in [-0.1, -0.05) is 13.8 Å². The molecule has 1 aliphatic heterocycles. The first-order valence-corrected chi connectivity index (χ1v) is 8.92. The second-order valence-corrected chi connectivity index (χ2v) is 7.24. The first-order chi connectivity index (χ1) is 11.6. The summed E-state index contributed by atoms with van der Waals surface area (Å²) in [4.78, 5) is 43.8. The minimum Gasteiger partial charge on any atom is -0.355 e. The molecule has 0 aromatic carbocycles. The lowest BCUT2D eigenvalue weighted by Gasteiger charge is -2.38. The van der Waals surface area contributed by atoms with E-state index in [2.05, 4.69) is 9.88 Å². The molecule has 1 aromatic rings. The Kier molecular flexibility index (Phi) is 5.83. The summed E-state index contributed by atoms with van der Waals surface area (Å²) in [5.41, 5.74) is 2.61. The molecule has 1 amide bonds. The van der Waals surface area contributed by atoms with Crippen molar-refractivity contribution in [2.45, 2.75) is 47.6 Å².